The molecule has 1 fully saturated rings. The summed E-state index contributed by atoms with van der Waals surface area (Å²) in [5.41, 5.74) is -0.633. The highest BCUT2D eigenvalue weighted by Crippen LogP contribution is 2.14. The number of nitrogens with zero attached hydrogens (tertiary/aromatic N) is 1. The molecule has 0 aromatic heterocycles. The molecule has 1 saturated heterocycles. The summed E-state index contributed by atoms with van der Waals surface area (Å²) in [6.45, 7) is 6.38. The number of likely N-dealkylation sites (tertiary alicyclic amines) is 1. The minimum Gasteiger partial charge on any atom is -0.481 e. The Kier molecular flexibility index (Phi) is 6.80. The lowest BCUT2D eigenvalue weighted by Gasteiger charge is -2.30. The van der Waals surface area contributed by atoms with Crippen LogP contribution in [-0.2, 0) is 14.3 Å². The van der Waals surface area contributed by atoms with Crippen molar-refractivity contribution >= 4 is 17.8 Å². The normalized spacial score (nSPS) is 20.3. The molecule has 7 nitrogen and oxygen atoms in total. The molecule has 0 spiro atoms. The molecule has 1 amide bonds. The molecule has 0 aliphatic carbocycles. The van der Waals surface area contributed by atoms with E-state index in [4.69, 9.17) is 9.84 Å². The predicted molar refractivity (Wildman–Crippen MR) is 80.5 cm³/mol. The van der Waals surface area contributed by atoms with E-state index in [2.05, 4.69) is 5.32 Å². The van der Waals surface area contributed by atoms with Crippen molar-refractivity contribution in [2.75, 3.05) is 13.1 Å². The number of carbonyl (C=O) groups excluding carboxylic acids is 2. The molecule has 2 N–H and O–H groups in total. The lowest BCUT2D eigenvalue weighted by molar-refractivity contribution is -0.137. The van der Waals surface area contributed by atoms with Gasteiger partial charge in [0.2, 0.25) is 0 Å². The molecule has 0 radical (unpaired) electrons. The average molecular weight is 314 g/mol. The standard InChI is InChI=1S/C15H26N2O5/c1-15(2,3)22-14(21)16-13-11(18)7-4-5-9-17(13)10-6-8-12(19)20/h13H,4-10H2,1-3H3,(H,16,21)(H,19,20). The molecule has 0 aromatic carbocycles. The molecule has 1 unspecified atom stereocenters. The number of alkyl carbamates (subject to hydrolysis) is 1. The van der Waals surface area contributed by atoms with Crippen LogP contribution in [0.2, 0.25) is 0 Å². The maximum atomic E-state index is 12.2. The molecule has 22 heavy (non-hydrogen) atoms. The van der Waals surface area contributed by atoms with Gasteiger partial charge in [-0.25, -0.2) is 4.79 Å². The second kappa shape index (κ2) is 8.12. The predicted octanol–water partition coefficient (Wildman–Crippen LogP) is 1.76. The zero-order valence-corrected chi connectivity index (χ0v) is 13.6. The number of rotatable bonds is 5. The molecule has 1 heterocycles. The Balaban J connectivity index is 2.67. The third-order valence-corrected chi connectivity index (χ3v) is 3.28. The van der Waals surface area contributed by atoms with Crippen molar-refractivity contribution in [1.82, 2.24) is 10.2 Å². The number of carboxylic acid groups (broad SMARTS) is 1. The van der Waals surface area contributed by atoms with Crippen LogP contribution in [0.3, 0.4) is 0 Å². The second-order valence-corrected chi connectivity index (χ2v) is 6.51. The molecule has 1 rings (SSSR count). The zero-order valence-electron chi connectivity index (χ0n) is 13.6. The van der Waals surface area contributed by atoms with Crippen LogP contribution in [0.5, 0.6) is 0 Å². The highest BCUT2D eigenvalue weighted by atomic mass is 16.6. The maximum Gasteiger partial charge on any atom is 0.409 e. The minimum absolute atomic E-state index is 0.0455. The minimum atomic E-state index is -0.863. The first-order chi connectivity index (χ1) is 10.2. The van der Waals surface area contributed by atoms with Crippen LogP contribution < -0.4 is 5.32 Å². The Morgan fingerprint density at radius 1 is 1.36 bits per heavy atom. The van der Waals surface area contributed by atoms with E-state index < -0.39 is 23.8 Å². The summed E-state index contributed by atoms with van der Waals surface area (Å²) in [4.78, 5) is 36.6. The van der Waals surface area contributed by atoms with Gasteiger partial charge in [-0.15, -0.1) is 0 Å². The van der Waals surface area contributed by atoms with Crippen LogP contribution in [0.1, 0.15) is 52.9 Å². The molecule has 0 aromatic rings. The summed E-state index contributed by atoms with van der Waals surface area (Å²) in [6.07, 6.45) is 1.17. The van der Waals surface area contributed by atoms with Gasteiger partial charge in [-0.05, 0) is 40.0 Å². The van der Waals surface area contributed by atoms with E-state index in [0.717, 1.165) is 12.8 Å². The lowest BCUT2D eigenvalue weighted by atomic mass is 10.2. The van der Waals surface area contributed by atoms with Crippen LogP contribution in [-0.4, -0.2) is 52.7 Å². The van der Waals surface area contributed by atoms with E-state index in [-0.39, 0.29) is 12.2 Å². The van der Waals surface area contributed by atoms with Crippen molar-refractivity contribution in [3.05, 3.63) is 0 Å². The van der Waals surface area contributed by atoms with E-state index in [1.54, 1.807) is 20.8 Å². The summed E-state index contributed by atoms with van der Waals surface area (Å²) >= 11 is 0. The van der Waals surface area contributed by atoms with Crippen LogP contribution >= 0.6 is 0 Å². The number of carbonyl (C=O) groups is 3. The van der Waals surface area contributed by atoms with Crippen molar-refractivity contribution in [3.8, 4) is 0 Å². The Morgan fingerprint density at radius 3 is 2.64 bits per heavy atom. The molecule has 0 saturated carbocycles. The van der Waals surface area contributed by atoms with Gasteiger partial charge in [0, 0.05) is 25.9 Å². The molecule has 7 heteroatoms. The summed E-state index contributed by atoms with van der Waals surface area (Å²) in [6, 6.07) is 0. The number of ether oxygens (including phenoxy) is 1. The fourth-order valence-electron chi connectivity index (χ4n) is 2.35. The number of Topliss-reactive ketones (excluding diaryl/α,β-unsaturated/α-hetero) is 1. The zero-order chi connectivity index (χ0) is 16.8. The van der Waals surface area contributed by atoms with Gasteiger partial charge in [0.1, 0.15) is 11.8 Å². The summed E-state index contributed by atoms with van der Waals surface area (Å²) in [5, 5.41) is 11.3. The van der Waals surface area contributed by atoms with Gasteiger partial charge in [0.05, 0.1) is 0 Å². The van der Waals surface area contributed by atoms with E-state index in [1.807, 2.05) is 4.90 Å². The molecule has 1 aliphatic rings. The SMILES string of the molecule is CC(C)(C)OC(=O)NC1C(=O)CCCCN1CCCC(=O)O. The molecular weight excluding hydrogens is 288 g/mol. The number of amides is 1. The number of nitrogens with one attached hydrogen (secondary N) is 1. The van der Waals surface area contributed by atoms with E-state index >= 15 is 0 Å². The van der Waals surface area contributed by atoms with Crippen molar-refractivity contribution in [1.29, 1.82) is 0 Å². The average Bonchev–Trinajstić information content (AvgIpc) is 2.51. The van der Waals surface area contributed by atoms with Crippen LogP contribution in [0.4, 0.5) is 4.79 Å². The van der Waals surface area contributed by atoms with Gasteiger partial charge in [-0.2, -0.15) is 0 Å². The van der Waals surface area contributed by atoms with E-state index in [0.29, 0.717) is 25.9 Å². The second-order valence-electron chi connectivity index (χ2n) is 6.51. The number of aliphatic carboxylic acids is 1. The Hall–Kier alpha value is -1.63. The maximum absolute atomic E-state index is 12.2. The molecule has 1 atom stereocenters. The highest BCUT2D eigenvalue weighted by Gasteiger charge is 2.30. The van der Waals surface area contributed by atoms with Crippen molar-refractivity contribution in [2.24, 2.45) is 0 Å². The van der Waals surface area contributed by atoms with E-state index in [1.165, 1.54) is 0 Å². The number of carboxylic acids is 1. The fourth-order valence-corrected chi connectivity index (χ4v) is 2.35. The topological polar surface area (TPSA) is 95.9 Å². The third-order valence-electron chi connectivity index (χ3n) is 3.28. The van der Waals surface area contributed by atoms with Crippen LogP contribution in [0.25, 0.3) is 0 Å². The van der Waals surface area contributed by atoms with Gasteiger partial charge in [0.15, 0.2) is 5.78 Å². The quantitative estimate of drug-likeness (QED) is 0.802. The fraction of sp³-hybridized carbons (Fsp3) is 0.800. The molecular formula is C15H26N2O5. The number of ketones is 1. The Bertz CT molecular complexity index is 417. The number of hydrogen-bond donors (Lipinski definition) is 2. The van der Waals surface area contributed by atoms with Gasteiger partial charge in [0.25, 0.3) is 0 Å². The van der Waals surface area contributed by atoms with Crippen molar-refractivity contribution in [2.45, 2.75) is 64.6 Å². The van der Waals surface area contributed by atoms with Crippen molar-refractivity contribution in [3.63, 3.8) is 0 Å². The first kappa shape index (κ1) is 18.4. The molecule has 1 aliphatic heterocycles. The first-order valence-corrected chi connectivity index (χ1v) is 7.67. The molecule has 0 bridgehead atoms. The van der Waals surface area contributed by atoms with Crippen LogP contribution in [0, 0.1) is 0 Å². The third kappa shape index (κ3) is 6.89. The summed E-state index contributed by atoms with van der Waals surface area (Å²) in [7, 11) is 0. The summed E-state index contributed by atoms with van der Waals surface area (Å²) < 4.78 is 5.20. The van der Waals surface area contributed by atoms with E-state index in [9.17, 15) is 14.4 Å². The van der Waals surface area contributed by atoms with Gasteiger partial charge in [-0.1, -0.05) is 0 Å². The Labute approximate surface area is 131 Å². The molecule has 126 valence electrons. The Morgan fingerprint density at radius 2 is 2.05 bits per heavy atom. The van der Waals surface area contributed by atoms with Crippen LogP contribution in [0.15, 0.2) is 0 Å². The van der Waals surface area contributed by atoms with Gasteiger partial charge in [-0.3, -0.25) is 19.8 Å². The first-order valence-electron chi connectivity index (χ1n) is 7.67. The lowest BCUT2D eigenvalue weighted by Crippen LogP contribution is -2.53. The van der Waals surface area contributed by atoms with Gasteiger partial charge >= 0.3 is 12.1 Å². The van der Waals surface area contributed by atoms with Crippen molar-refractivity contribution < 1.29 is 24.2 Å². The summed E-state index contributed by atoms with van der Waals surface area (Å²) in [5.74, 6) is -0.920. The monoisotopic (exact) mass is 314 g/mol. The largest absolute Gasteiger partial charge is 0.481 e. The number of hydrogen-bond acceptors (Lipinski definition) is 5. The highest BCUT2D eigenvalue weighted by molar-refractivity contribution is 5.87. The van der Waals surface area contributed by atoms with Gasteiger partial charge < -0.3 is 9.84 Å². The smallest absolute Gasteiger partial charge is 0.409 e.